The van der Waals surface area contributed by atoms with Crippen LogP contribution in [0.2, 0.25) is 0 Å². The van der Waals surface area contributed by atoms with Gasteiger partial charge < -0.3 is 30.0 Å². The molecule has 1 N–H and O–H groups in total. The molecule has 0 atom stereocenters. The predicted molar refractivity (Wildman–Crippen MR) is 68.5 cm³/mol. The van der Waals surface area contributed by atoms with Gasteiger partial charge in [-0.15, -0.1) is 0 Å². The Morgan fingerprint density at radius 2 is 1.48 bits per heavy atom. The third-order valence-electron chi connectivity index (χ3n) is 2.66. The third kappa shape index (κ3) is 6.53. The van der Waals surface area contributed by atoms with Crippen molar-refractivity contribution < 1.29 is 43.9 Å². The lowest BCUT2D eigenvalue weighted by Crippen LogP contribution is -3.00. The molecule has 2 aromatic heterocycles. The SMILES string of the molecule is Cc1cc[n+](COC[n+]2ccc(/C=N/O)cc2)cc1.[Cl-].[Cl-]. The number of rotatable bonds is 5. The number of hydrogen-bond acceptors (Lipinski definition) is 3. The van der Waals surface area contributed by atoms with Crippen molar-refractivity contribution in [2.75, 3.05) is 0 Å². The molecule has 0 bridgehead atoms. The van der Waals surface area contributed by atoms with Gasteiger partial charge in [-0.1, -0.05) is 5.16 Å². The molecular weight excluding hydrogens is 313 g/mol. The molecule has 21 heavy (non-hydrogen) atoms. The molecule has 0 unspecified atom stereocenters. The Hall–Kier alpha value is -1.69. The minimum absolute atomic E-state index is 0. The second kappa shape index (κ2) is 10.1. The number of pyridine rings is 2. The van der Waals surface area contributed by atoms with Crippen molar-refractivity contribution in [3.8, 4) is 0 Å². The molecule has 0 amide bonds. The van der Waals surface area contributed by atoms with E-state index in [0.29, 0.717) is 13.5 Å². The first-order valence-corrected chi connectivity index (χ1v) is 5.98. The Kier molecular flexibility index (Phi) is 9.28. The van der Waals surface area contributed by atoms with Crippen molar-refractivity contribution in [2.24, 2.45) is 5.16 Å². The van der Waals surface area contributed by atoms with Crippen molar-refractivity contribution in [2.45, 2.75) is 20.4 Å². The number of aryl methyl sites for hydroxylation is 1. The Morgan fingerprint density at radius 3 is 1.95 bits per heavy atom. The summed E-state index contributed by atoms with van der Waals surface area (Å²) in [6.45, 7) is 3.03. The molecule has 0 radical (unpaired) electrons. The van der Waals surface area contributed by atoms with Crippen LogP contribution in [0.5, 0.6) is 0 Å². The van der Waals surface area contributed by atoms with Crippen molar-refractivity contribution in [3.05, 3.63) is 60.2 Å². The van der Waals surface area contributed by atoms with E-state index in [0.717, 1.165) is 5.56 Å². The van der Waals surface area contributed by atoms with Crippen LogP contribution in [0.25, 0.3) is 0 Å². The molecule has 2 heterocycles. The van der Waals surface area contributed by atoms with E-state index in [2.05, 4.69) is 12.1 Å². The van der Waals surface area contributed by atoms with Crippen LogP contribution in [-0.4, -0.2) is 11.4 Å². The van der Waals surface area contributed by atoms with Crippen LogP contribution in [0.1, 0.15) is 11.1 Å². The van der Waals surface area contributed by atoms with Crippen LogP contribution >= 0.6 is 0 Å². The Bertz CT molecular complexity index is 545. The molecule has 0 saturated heterocycles. The van der Waals surface area contributed by atoms with Crippen molar-refractivity contribution in [1.29, 1.82) is 0 Å². The zero-order chi connectivity index (χ0) is 13.5. The molecule has 7 heteroatoms. The van der Waals surface area contributed by atoms with E-state index in [1.54, 1.807) is 0 Å². The number of nitrogens with zero attached hydrogens (tertiary/aromatic N) is 3. The Morgan fingerprint density at radius 1 is 1.00 bits per heavy atom. The number of hydrogen-bond donors (Lipinski definition) is 1. The Labute approximate surface area is 136 Å². The molecule has 0 aliphatic rings. The summed E-state index contributed by atoms with van der Waals surface area (Å²) in [4.78, 5) is 0. The summed E-state index contributed by atoms with van der Waals surface area (Å²) in [5, 5.41) is 11.4. The number of oxime groups is 1. The van der Waals surface area contributed by atoms with Gasteiger partial charge in [0.1, 0.15) is 0 Å². The molecule has 2 rings (SSSR count). The number of ether oxygens (including phenoxy) is 1. The van der Waals surface area contributed by atoms with Gasteiger partial charge in [0, 0.05) is 29.8 Å². The van der Waals surface area contributed by atoms with Gasteiger partial charge in [-0.3, -0.25) is 4.74 Å². The van der Waals surface area contributed by atoms with Gasteiger partial charge in [-0.25, -0.2) is 0 Å². The zero-order valence-electron chi connectivity index (χ0n) is 11.6. The summed E-state index contributed by atoms with van der Waals surface area (Å²) in [7, 11) is 0. The smallest absolute Gasteiger partial charge is 0.257 e. The lowest BCUT2D eigenvalue weighted by Gasteiger charge is -1.98. The maximum absolute atomic E-state index is 8.41. The molecule has 0 saturated carbocycles. The highest BCUT2D eigenvalue weighted by atomic mass is 35.5. The molecule has 0 spiro atoms. The molecule has 2 aromatic rings. The second-order valence-corrected chi connectivity index (χ2v) is 4.24. The minimum Gasteiger partial charge on any atom is -1.00 e. The third-order valence-corrected chi connectivity index (χ3v) is 2.66. The van der Waals surface area contributed by atoms with Gasteiger partial charge in [-0.2, -0.15) is 9.13 Å². The highest BCUT2D eigenvalue weighted by molar-refractivity contribution is 5.78. The van der Waals surface area contributed by atoms with E-state index in [1.807, 2.05) is 58.2 Å². The molecule has 114 valence electrons. The highest BCUT2D eigenvalue weighted by Crippen LogP contribution is 1.91. The molecule has 0 aliphatic carbocycles. The van der Waals surface area contributed by atoms with Gasteiger partial charge in [-0.05, 0) is 12.5 Å². The van der Waals surface area contributed by atoms with Crippen molar-refractivity contribution >= 4 is 6.21 Å². The summed E-state index contributed by atoms with van der Waals surface area (Å²) >= 11 is 0. The maximum Gasteiger partial charge on any atom is 0.257 e. The van der Waals surface area contributed by atoms with Crippen LogP contribution in [0.15, 0.2) is 54.2 Å². The topological polar surface area (TPSA) is 49.6 Å². The van der Waals surface area contributed by atoms with Gasteiger partial charge in [0.15, 0.2) is 24.8 Å². The highest BCUT2D eigenvalue weighted by Gasteiger charge is 2.03. The molecule has 0 aromatic carbocycles. The van der Waals surface area contributed by atoms with Crippen molar-refractivity contribution in [1.82, 2.24) is 0 Å². The van der Waals surface area contributed by atoms with E-state index in [4.69, 9.17) is 9.94 Å². The fourth-order valence-corrected chi connectivity index (χ4v) is 1.58. The molecular formula is C14H17Cl2N3O2. The summed E-state index contributed by atoms with van der Waals surface area (Å²) in [5.41, 5.74) is 2.07. The first kappa shape index (κ1) is 19.3. The second-order valence-electron chi connectivity index (χ2n) is 4.24. The van der Waals surface area contributed by atoms with Gasteiger partial charge in [0.05, 0.1) is 6.21 Å². The van der Waals surface area contributed by atoms with E-state index in [9.17, 15) is 0 Å². The average molecular weight is 330 g/mol. The summed E-state index contributed by atoms with van der Waals surface area (Å²) < 4.78 is 9.47. The van der Waals surface area contributed by atoms with E-state index in [-0.39, 0.29) is 24.8 Å². The van der Waals surface area contributed by atoms with E-state index in [1.165, 1.54) is 11.8 Å². The lowest BCUT2D eigenvalue weighted by molar-refractivity contribution is -0.788. The molecule has 5 nitrogen and oxygen atoms in total. The number of aromatic nitrogens is 2. The molecule has 0 aliphatic heterocycles. The monoisotopic (exact) mass is 329 g/mol. The summed E-state index contributed by atoms with van der Waals surface area (Å²) in [6, 6.07) is 7.78. The standard InChI is InChI=1S/C14H16N3O2.2ClH/c1-13-2-6-16(7-3-13)11-19-12-17-8-4-14(5-9-17)10-15-18;;/h2-10H,11-12H2,1H3;2*1H/q+1;;/p-1. The minimum atomic E-state index is 0. The van der Waals surface area contributed by atoms with E-state index >= 15 is 0 Å². The van der Waals surface area contributed by atoms with Crippen LogP contribution in [0.4, 0.5) is 0 Å². The fourth-order valence-electron chi connectivity index (χ4n) is 1.58. The average Bonchev–Trinajstić information content (AvgIpc) is 2.43. The first-order chi connectivity index (χ1) is 9.28. The van der Waals surface area contributed by atoms with E-state index < -0.39 is 0 Å². The van der Waals surface area contributed by atoms with Crippen molar-refractivity contribution in [3.63, 3.8) is 0 Å². The van der Waals surface area contributed by atoms with Crippen LogP contribution in [0.3, 0.4) is 0 Å². The quantitative estimate of drug-likeness (QED) is 0.258. The van der Waals surface area contributed by atoms with Crippen LogP contribution in [-0.2, 0) is 18.2 Å². The van der Waals surface area contributed by atoms with Crippen LogP contribution < -0.4 is 33.9 Å². The fraction of sp³-hybridized carbons (Fsp3) is 0.214. The summed E-state index contributed by atoms with van der Waals surface area (Å²) in [6.07, 6.45) is 9.10. The van der Waals surface area contributed by atoms with Gasteiger partial charge >= 0.3 is 0 Å². The largest absolute Gasteiger partial charge is 1.00 e. The maximum atomic E-state index is 8.41. The Balaban J connectivity index is 0.00000200. The predicted octanol–water partition coefficient (Wildman–Crippen LogP) is -4.98. The van der Waals surface area contributed by atoms with Crippen LogP contribution in [0, 0.1) is 6.92 Å². The normalized spacial score (nSPS) is 9.95. The number of halogens is 2. The lowest BCUT2D eigenvalue weighted by atomic mass is 10.3. The van der Waals surface area contributed by atoms with Gasteiger partial charge in [0.2, 0.25) is 0 Å². The molecule has 0 fully saturated rings. The summed E-state index contributed by atoms with van der Waals surface area (Å²) in [5.74, 6) is 0. The van der Waals surface area contributed by atoms with Gasteiger partial charge in [0.25, 0.3) is 13.5 Å². The zero-order valence-corrected chi connectivity index (χ0v) is 13.1. The first-order valence-electron chi connectivity index (χ1n) is 5.98.